The fraction of sp³-hybridized carbons (Fsp3) is 0.250. The lowest BCUT2D eigenvalue weighted by Crippen LogP contribution is -2.21. The first kappa shape index (κ1) is 17.6. The molecule has 0 aliphatic carbocycles. The average molecular weight is 324 g/mol. The molecule has 2 aromatic rings. The van der Waals surface area contributed by atoms with Gasteiger partial charge >= 0.3 is 5.97 Å². The van der Waals surface area contributed by atoms with E-state index in [2.05, 4.69) is 0 Å². The lowest BCUT2D eigenvalue weighted by atomic mass is 9.87. The van der Waals surface area contributed by atoms with Crippen LogP contribution in [-0.2, 0) is 14.3 Å². The molecule has 0 amide bonds. The average Bonchev–Trinajstić information content (AvgIpc) is 2.61. The van der Waals surface area contributed by atoms with Crippen LogP contribution in [0.15, 0.2) is 60.7 Å². The molecule has 0 bridgehead atoms. The Balaban J connectivity index is 2.19. The first-order valence-electron chi connectivity index (χ1n) is 7.93. The first-order valence-corrected chi connectivity index (χ1v) is 7.93. The summed E-state index contributed by atoms with van der Waals surface area (Å²) in [6.45, 7) is 1.92. The summed E-state index contributed by atoms with van der Waals surface area (Å²) in [6, 6.07) is 17.9. The lowest BCUT2D eigenvalue weighted by molar-refractivity contribution is -0.145. The number of hydrogen-bond donors (Lipinski definition) is 0. The molecular weight excluding hydrogens is 304 g/mol. The molecule has 0 spiro atoms. The molecule has 1 atom stereocenters. The van der Waals surface area contributed by atoms with Crippen molar-refractivity contribution in [2.24, 2.45) is 0 Å². The fourth-order valence-corrected chi connectivity index (χ4v) is 2.51. The molecule has 0 heterocycles. The third-order valence-corrected chi connectivity index (χ3v) is 3.70. The zero-order valence-electron chi connectivity index (χ0n) is 13.6. The molecule has 2 rings (SSSR count). The highest BCUT2D eigenvalue weighted by molar-refractivity contribution is 6.04. The summed E-state index contributed by atoms with van der Waals surface area (Å²) in [5.41, 5.74) is 1.29. The van der Waals surface area contributed by atoms with Crippen LogP contribution in [0.5, 0.6) is 0 Å². The predicted molar refractivity (Wildman–Crippen MR) is 90.8 cm³/mol. The molecule has 0 saturated heterocycles. The van der Waals surface area contributed by atoms with Gasteiger partial charge in [0, 0.05) is 12.0 Å². The van der Waals surface area contributed by atoms with E-state index in [0.29, 0.717) is 5.56 Å². The summed E-state index contributed by atoms with van der Waals surface area (Å²) in [6.07, 6.45) is -0.290. The van der Waals surface area contributed by atoms with Crippen LogP contribution in [0.2, 0.25) is 0 Å². The number of carbonyl (C=O) groups is 3. The van der Waals surface area contributed by atoms with Crippen LogP contribution in [0.1, 0.15) is 41.6 Å². The second-order valence-corrected chi connectivity index (χ2v) is 5.40. The minimum absolute atomic E-state index is 0.0340. The molecule has 24 heavy (non-hydrogen) atoms. The number of Topliss-reactive ketones (excluding diaryl/α,β-unsaturated/α-hetero) is 2. The Kier molecular flexibility index (Phi) is 6.43. The topological polar surface area (TPSA) is 60.4 Å². The minimum Gasteiger partial charge on any atom is -0.466 e. The van der Waals surface area contributed by atoms with E-state index in [0.717, 1.165) is 5.56 Å². The van der Waals surface area contributed by atoms with Crippen LogP contribution < -0.4 is 0 Å². The SMILES string of the molecule is CCOC(=O)CC(=O)C(CC(=O)c1ccccc1)c1ccccc1. The van der Waals surface area contributed by atoms with E-state index in [1.165, 1.54) is 0 Å². The monoisotopic (exact) mass is 324 g/mol. The maximum absolute atomic E-state index is 12.5. The summed E-state index contributed by atoms with van der Waals surface area (Å²) in [5, 5.41) is 0. The van der Waals surface area contributed by atoms with Gasteiger partial charge in [-0.1, -0.05) is 60.7 Å². The van der Waals surface area contributed by atoms with E-state index in [4.69, 9.17) is 4.74 Å². The molecule has 0 aromatic heterocycles. The second kappa shape index (κ2) is 8.77. The van der Waals surface area contributed by atoms with E-state index in [1.807, 2.05) is 24.3 Å². The quantitative estimate of drug-likeness (QED) is 0.423. The van der Waals surface area contributed by atoms with Crippen molar-refractivity contribution in [1.29, 1.82) is 0 Å². The third kappa shape index (κ3) is 4.88. The van der Waals surface area contributed by atoms with Crippen LogP contribution in [0.3, 0.4) is 0 Å². The summed E-state index contributed by atoms with van der Waals surface area (Å²) < 4.78 is 4.84. The molecule has 0 N–H and O–H groups in total. The van der Waals surface area contributed by atoms with Crippen molar-refractivity contribution in [2.75, 3.05) is 6.61 Å². The fourth-order valence-electron chi connectivity index (χ4n) is 2.51. The molecule has 2 aromatic carbocycles. The normalized spacial score (nSPS) is 11.5. The Hall–Kier alpha value is -2.75. The van der Waals surface area contributed by atoms with Crippen molar-refractivity contribution in [2.45, 2.75) is 25.7 Å². The van der Waals surface area contributed by atoms with Crippen LogP contribution in [-0.4, -0.2) is 24.1 Å². The van der Waals surface area contributed by atoms with Gasteiger partial charge in [-0.05, 0) is 12.5 Å². The maximum atomic E-state index is 12.5. The van der Waals surface area contributed by atoms with Gasteiger partial charge in [-0.15, -0.1) is 0 Å². The molecule has 4 heteroatoms. The molecule has 0 radical (unpaired) electrons. The van der Waals surface area contributed by atoms with Crippen molar-refractivity contribution in [1.82, 2.24) is 0 Å². The number of esters is 1. The van der Waals surface area contributed by atoms with Crippen molar-refractivity contribution in [3.63, 3.8) is 0 Å². The Labute approximate surface area is 141 Å². The van der Waals surface area contributed by atoms with Crippen molar-refractivity contribution in [3.8, 4) is 0 Å². The maximum Gasteiger partial charge on any atom is 0.313 e. The van der Waals surface area contributed by atoms with Gasteiger partial charge < -0.3 is 4.74 Å². The van der Waals surface area contributed by atoms with E-state index in [1.54, 1.807) is 43.3 Å². The van der Waals surface area contributed by atoms with E-state index in [-0.39, 0.29) is 31.0 Å². The number of hydrogen-bond acceptors (Lipinski definition) is 4. The number of carbonyl (C=O) groups excluding carboxylic acids is 3. The molecule has 124 valence electrons. The van der Waals surface area contributed by atoms with Crippen molar-refractivity contribution >= 4 is 17.5 Å². The van der Waals surface area contributed by atoms with Gasteiger partial charge in [0.1, 0.15) is 6.42 Å². The van der Waals surface area contributed by atoms with Gasteiger partial charge in [0.2, 0.25) is 0 Å². The van der Waals surface area contributed by atoms with Gasteiger partial charge in [-0.25, -0.2) is 0 Å². The minimum atomic E-state index is -0.650. The lowest BCUT2D eigenvalue weighted by Gasteiger charge is -2.15. The first-order chi connectivity index (χ1) is 11.6. The Morgan fingerprint density at radius 3 is 2.08 bits per heavy atom. The molecule has 1 unspecified atom stereocenters. The van der Waals surface area contributed by atoms with Gasteiger partial charge in [-0.2, -0.15) is 0 Å². The van der Waals surface area contributed by atoms with Gasteiger partial charge in [-0.3, -0.25) is 14.4 Å². The predicted octanol–water partition coefficient (Wildman–Crippen LogP) is 3.57. The highest BCUT2D eigenvalue weighted by Crippen LogP contribution is 2.24. The number of ketones is 2. The van der Waals surface area contributed by atoms with E-state index in [9.17, 15) is 14.4 Å². The second-order valence-electron chi connectivity index (χ2n) is 5.40. The van der Waals surface area contributed by atoms with Crippen LogP contribution in [0.4, 0.5) is 0 Å². The molecule has 0 aliphatic heterocycles. The van der Waals surface area contributed by atoms with Crippen molar-refractivity contribution in [3.05, 3.63) is 71.8 Å². The number of benzene rings is 2. The largest absolute Gasteiger partial charge is 0.466 e. The molecule has 0 aliphatic rings. The number of rotatable bonds is 8. The highest BCUT2D eigenvalue weighted by Gasteiger charge is 2.26. The van der Waals surface area contributed by atoms with Crippen molar-refractivity contribution < 1.29 is 19.1 Å². The zero-order chi connectivity index (χ0) is 17.4. The summed E-state index contributed by atoms with van der Waals surface area (Å²) in [7, 11) is 0. The van der Waals surface area contributed by atoms with Crippen LogP contribution in [0, 0.1) is 0 Å². The smallest absolute Gasteiger partial charge is 0.313 e. The summed E-state index contributed by atoms with van der Waals surface area (Å²) in [5.74, 6) is -1.63. The van der Waals surface area contributed by atoms with E-state index < -0.39 is 11.9 Å². The standard InChI is InChI=1S/C20H20O4/c1-2-24-20(23)14-19(22)17(15-9-5-3-6-10-15)13-18(21)16-11-7-4-8-12-16/h3-12,17H,2,13-14H2,1H3. The van der Waals surface area contributed by atoms with Crippen LogP contribution >= 0.6 is 0 Å². The molecule has 0 fully saturated rings. The van der Waals surface area contributed by atoms with E-state index >= 15 is 0 Å². The third-order valence-electron chi connectivity index (χ3n) is 3.70. The summed E-state index contributed by atoms with van der Waals surface area (Å²) >= 11 is 0. The Morgan fingerprint density at radius 1 is 0.917 bits per heavy atom. The molecular formula is C20H20O4. The molecule has 4 nitrogen and oxygen atoms in total. The van der Waals surface area contributed by atoms with Gasteiger partial charge in [0.05, 0.1) is 12.5 Å². The number of ether oxygens (including phenoxy) is 1. The van der Waals surface area contributed by atoms with Crippen LogP contribution in [0.25, 0.3) is 0 Å². The zero-order valence-corrected chi connectivity index (χ0v) is 13.6. The highest BCUT2D eigenvalue weighted by atomic mass is 16.5. The molecule has 0 saturated carbocycles. The van der Waals surface area contributed by atoms with Gasteiger partial charge in [0.25, 0.3) is 0 Å². The summed E-state index contributed by atoms with van der Waals surface area (Å²) in [4.78, 5) is 36.6. The Bertz CT molecular complexity index is 692. The van der Waals surface area contributed by atoms with Gasteiger partial charge in [0.15, 0.2) is 11.6 Å². The Morgan fingerprint density at radius 2 is 1.50 bits per heavy atom.